The Kier molecular flexibility index (Phi) is 6.80. The average Bonchev–Trinajstić information content (AvgIpc) is 3.41. The van der Waals surface area contributed by atoms with E-state index in [1.165, 1.54) is 44.2 Å². The largest absolute Gasteiger partial charge is 0.208 e. The summed E-state index contributed by atoms with van der Waals surface area (Å²) in [6.45, 7) is 4.61. The lowest BCUT2D eigenvalue weighted by atomic mass is 9.82. The van der Waals surface area contributed by atoms with Crippen LogP contribution in [-0.2, 0) is 5.41 Å². The molecule has 0 spiro atoms. The third-order valence-electron chi connectivity index (χ3n) is 9.96. The van der Waals surface area contributed by atoms with Gasteiger partial charge in [0, 0.05) is 22.1 Å². The molecule has 0 unspecified atom stereocenters. The van der Waals surface area contributed by atoms with Crippen LogP contribution in [0.4, 0.5) is 0 Å². The van der Waals surface area contributed by atoms with Gasteiger partial charge >= 0.3 is 0 Å². The lowest BCUT2D eigenvalue weighted by Gasteiger charge is -2.21. The highest BCUT2D eigenvalue weighted by atomic mass is 15.0. The molecule has 8 aromatic rings. The highest BCUT2D eigenvalue weighted by Crippen LogP contribution is 2.51. The molecule has 0 aliphatic heterocycles. The molecule has 3 heteroatoms. The van der Waals surface area contributed by atoms with Crippen molar-refractivity contribution >= 4 is 10.8 Å². The summed E-state index contributed by atoms with van der Waals surface area (Å²) in [7, 11) is 0. The molecular formula is C46H33N3. The summed E-state index contributed by atoms with van der Waals surface area (Å²) < 4.78 is 0. The zero-order valence-corrected chi connectivity index (χ0v) is 27.4. The molecule has 0 atom stereocenters. The smallest absolute Gasteiger partial charge is 0.164 e. The van der Waals surface area contributed by atoms with E-state index in [2.05, 4.69) is 172 Å². The second-order valence-electron chi connectivity index (χ2n) is 13.3. The summed E-state index contributed by atoms with van der Waals surface area (Å²) in [5.74, 6) is 1.98. The van der Waals surface area contributed by atoms with Gasteiger partial charge in [-0.2, -0.15) is 0 Å². The minimum Gasteiger partial charge on any atom is -0.208 e. The molecule has 0 fully saturated rings. The second kappa shape index (κ2) is 11.5. The van der Waals surface area contributed by atoms with Crippen LogP contribution in [0.1, 0.15) is 25.0 Å². The van der Waals surface area contributed by atoms with Gasteiger partial charge in [-0.25, -0.2) is 15.0 Å². The van der Waals surface area contributed by atoms with Gasteiger partial charge in [0.2, 0.25) is 0 Å². The van der Waals surface area contributed by atoms with Gasteiger partial charge in [-0.3, -0.25) is 0 Å². The summed E-state index contributed by atoms with van der Waals surface area (Å²) in [4.78, 5) is 15.4. The molecule has 0 N–H and O–H groups in total. The molecule has 3 nitrogen and oxygen atoms in total. The number of benzene rings is 7. The van der Waals surface area contributed by atoms with E-state index < -0.39 is 0 Å². The van der Waals surface area contributed by atoms with Crippen molar-refractivity contribution in [1.29, 1.82) is 0 Å². The van der Waals surface area contributed by atoms with E-state index in [9.17, 15) is 0 Å². The Morgan fingerprint density at radius 1 is 0.347 bits per heavy atom. The summed E-state index contributed by atoms with van der Waals surface area (Å²) in [6.07, 6.45) is 0. The normalized spacial score (nSPS) is 12.9. The molecule has 7 aromatic carbocycles. The maximum atomic E-state index is 5.18. The second-order valence-corrected chi connectivity index (χ2v) is 13.3. The van der Waals surface area contributed by atoms with Crippen LogP contribution in [-0.4, -0.2) is 15.0 Å². The van der Waals surface area contributed by atoms with E-state index in [0.29, 0.717) is 17.5 Å². The lowest BCUT2D eigenvalue weighted by molar-refractivity contribution is 0.660. The maximum absolute atomic E-state index is 5.18. The zero-order valence-electron chi connectivity index (χ0n) is 27.4. The van der Waals surface area contributed by atoms with Crippen molar-refractivity contribution in [3.8, 4) is 67.5 Å². The van der Waals surface area contributed by atoms with Gasteiger partial charge in [-0.05, 0) is 61.3 Å². The van der Waals surface area contributed by atoms with E-state index in [0.717, 1.165) is 27.8 Å². The van der Waals surface area contributed by atoms with Gasteiger partial charge in [-0.15, -0.1) is 0 Å². The Labute approximate surface area is 286 Å². The molecule has 1 aliphatic rings. The Morgan fingerprint density at radius 3 is 1.55 bits per heavy atom. The Bertz CT molecular complexity index is 2500. The Balaban J connectivity index is 1.18. The van der Waals surface area contributed by atoms with Gasteiger partial charge in [0.15, 0.2) is 17.5 Å². The average molecular weight is 628 g/mol. The predicted molar refractivity (Wildman–Crippen MR) is 202 cm³/mol. The quantitative estimate of drug-likeness (QED) is 0.191. The molecule has 0 bridgehead atoms. The molecule has 1 aromatic heterocycles. The molecule has 9 rings (SSSR count). The van der Waals surface area contributed by atoms with Crippen molar-refractivity contribution in [2.45, 2.75) is 19.3 Å². The number of nitrogens with zero attached hydrogens (tertiary/aromatic N) is 3. The van der Waals surface area contributed by atoms with Crippen LogP contribution in [0.2, 0.25) is 0 Å². The van der Waals surface area contributed by atoms with Gasteiger partial charge in [0.1, 0.15) is 0 Å². The fourth-order valence-corrected chi connectivity index (χ4v) is 7.32. The molecule has 1 heterocycles. The van der Waals surface area contributed by atoms with Crippen molar-refractivity contribution < 1.29 is 0 Å². The first-order valence-electron chi connectivity index (χ1n) is 16.8. The minimum absolute atomic E-state index is 0.119. The molecular weight excluding hydrogens is 595 g/mol. The summed E-state index contributed by atoms with van der Waals surface area (Å²) in [5, 5.41) is 2.47. The first-order valence-corrected chi connectivity index (χ1v) is 16.8. The summed E-state index contributed by atoms with van der Waals surface area (Å²) in [5.41, 5.74) is 12.5. The van der Waals surface area contributed by atoms with E-state index in [1.807, 2.05) is 6.07 Å². The van der Waals surface area contributed by atoms with Crippen molar-refractivity contribution in [3.63, 3.8) is 0 Å². The molecule has 49 heavy (non-hydrogen) atoms. The predicted octanol–water partition coefficient (Wildman–Crippen LogP) is 11.7. The van der Waals surface area contributed by atoms with E-state index in [-0.39, 0.29) is 5.41 Å². The monoisotopic (exact) mass is 627 g/mol. The number of hydrogen-bond acceptors (Lipinski definition) is 3. The highest BCUT2D eigenvalue weighted by Gasteiger charge is 2.37. The zero-order chi connectivity index (χ0) is 33.0. The first kappa shape index (κ1) is 29.0. The van der Waals surface area contributed by atoms with Crippen LogP contribution in [0.15, 0.2) is 164 Å². The topological polar surface area (TPSA) is 38.7 Å². The van der Waals surface area contributed by atoms with Crippen LogP contribution in [0.25, 0.3) is 78.3 Å². The highest BCUT2D eigenvalue weighted by molar-refractivity contribution is 5.91. The van der Waals surface area contributed by atoms with E-state index in [1.54, 1.807) is 0 Å². The van der Waals surface area contributed by atoms with Crippen LogP contribution in [0.3, 0.4) is 0 Å². The lowest BCUT2D eigenvalue weighted by Crippen LogP contribution is -2.14. The van der Waals surface area contributed by atoms with Crippen molar-refractivity contribution in [3.05, 3.63) is 175 Å². The van der Waals surface area contributed by atoms with E-state index in [4.69, 9.17) is 15.0 Å². The molecule has 1 aliphatic carbocycles. The number of aromatic nitrogens is 3. The number of hydrogen-bond donors (Lipinski definition) is 0. The maximum Gasteiger partial charge on any atom is 0.164 e. The van der Waals surface area contributed by atoms with Crippen LogP contribution >= 0.6 is 0 Å². The Hall–Kier alpha value is -6.19. The standard InChI is InChI=1S/C46H33N3/c1-46(2)40-17-9-8-15-38(40)42-39(16-10-18-41(42)46)45-48-43(34-24-19-32(20-25-34)30-11-4-3-5-12-30)47-44(49-45)35-26-21-33(22-27-35)37-28-23-31-13-6-7-14-36(31)29-37/h3-29H,1-2H3. The third-order valence-corrected chi connectivity index (χ3v) is 9.96. The van der Waals surface area contributed by atoms with Crippen molar-refractivity contribution in [2.75, 3.05) is 0 Å². The van der Waals surface area contributed by atoms with Crippen LogP contribution in [0.5, 0.6) is 0 Å². The third kappa shape index (κ3) is 5.03. The molecule has 0 amide bonds. The summed E-state index contributed by atoms with van der Waals surface area (Å²) >= 11 is 0. The van der Waals surface area contributed by atoms with Gasteiger partial charge < -0.3 is 0 Å². The molecule has 0 saturated carbocycles. The van der Waals surface area contributed by atoms with Crippen molar-refractivity contribution in [1.82, 2.24) is 15.0 Å². The number of fused-ring (bicyclic) bond motifs is 4. The van der Waals surface area contributed by atoms with Gasteiger partial charge in [0.05, 0.1) is 0 Å². The van der Waals surface area contributed by atoms with Crippen molar-refractivity contribution in [2.24, 2.45) is 0 Å². The van der Waals surface area contributed by atoms with Crippen LogP contribution < -0.4 is 0 Å². The molecule has 232 valence electrons. The van der Waals surface area contributed by atoms with Gasteiger partial charge in [0.25, 0.3) is 0 Å². The first-order chi connectivity index (χ1) is 24.0. The molecule has 0 saturated heterocycles. The summed E-state index contributed by atoms with van der Waals surface area (Å²) in [6, 6.07) is 57.9. The Morgan fingerprint density at radius 2 is 0.837 bits per heavy atom. The van der Waals surface area contributed by atoms with Gasteiger partial charge in [-0.1, -0.05) is 172 Å². The SMILES string of the molecule is CC1(C)c2ccccc2-c2c(-c3nc(-c4ccc(-c5ccccc5)cc4)nc(-c4ccc(-c5ccc6ccccc6c5)cc4)n3)cccc21. The number of rotatable bonds is 5. The van der Waals surface area contributed by atoms with Crippen LogP contribution in [0, 0.1) is 0 Å². The molecule has 0 radical (unpaired) electrons. The minimum atomic E-state index is -0.119. The fraction of sp³-hybridized carbons (Fsp3) is 0.0652. The van der Waals surface area contributed by atoms with E-state index >= 15 is 0 Å². The fourth-order valence-electron chi connectivity index (χ4n) is 7.32.